The van der Waals surface area contributed by atoms with Gasteiger partial charge in [-0.1, -0.05) is 53.9 Å². The summed E-state index contributed by atoms with van der Waals surface area (Å²) in [5.41, 5.74) is 2.23. The van der Waals surface area contributed by atoms with Gasteiger partial charge in [-0.2, -0.15) is 18.2 Å². The minimum absolute atomic E-state index is 0.136. The van der Waals surface area contributed by atoms with Crippen molar-refractivity contribution in [1.29, 1.82) is 0 Å². The molecule has 1 aromatic heterocycles. The highest BCUT2D eigenvalue weighted by atomic mass is 32.2. The van der Waals surface area contributed by atoms with Crippen LogP contribution in [0.1, 0.15) is 30.5 Å². The average molecular weight is 481 g/mol. The van der Waals surface area contributed by atoms with Crippen molar-refractivity contribution in [1.82, 2.24) is 0 Å². The smallest absolute Gasteiger partial charge is 0.345 e. The number of hydrogen-bond donors (Lipinski definition) is 0. The maximum Gasteiger partial charge on any atom is 0.345 e. The van der Waals surface area contributed by atoms with E-state index in [4.69, 9.17) is 9.47 Å². The number of thiophene rings is 1. The Morgan fingerprint density at radius 3 is 2.29 bits per heavy atom. The Labute approximate surface area is 208 Å². The van der Waals surface area contributed by atoms with E-state index in [0.29, 0.717) is 0 Å². The second kappa shape index (κ2) is 9.20. The fourth-order valence-corrected chi connectivity index (χ4v) is 7.12. The van der Waals surface area contributed by atoms with Crippen molar-refractivity contribution in [3.05, 3.63) is 108 Å². The zero-order valence-electron chi connectivity index (χ0n) is 20.4. The highest BCUT2D eigenvalue weighted by Crippen LogP contribution is 2.49. The highest BCUT2D eigenvalue weighted by Gasteiger charge is 2.26. The summed E-state index contributed by atoms with van der Waals surface area (Å²) < 4.78 is 14.3. The van der Waals surface area contributed by atoms with Gasteiger partial charge in [0.1, 0.15) is 11.4 Å². The third-order valence-corrected chi connectivity index (χ3v) is 8.51. The van der Waals surface area contributed by atoms with Crippen LogP contribution < -0.4 is 4.74 Å². The average Bonchev–Trinajstić information content (AvgIpc) is 3.18. The van der Waals surface area contributed by atoms with Crippen LogP contribution in [0.3, 0.4) is 0 Å². The lowest BCUT2D eigenvalue weighted by atomic mass is 9.98. The van der Waals surface area contributed by atoms with Crippen LogP contribution in [0.2, 0.25) is 0 Å². The van der Waals surface area contributed by atoms with E-state index in [0.717, 1.165) is 22.4 Å². The van der Waals surface area contributed by atoms with E-state index in [1.165, 1.54) is 25.1 Å². The van der Waals surface area contributed by atoms with Crippen LogP contribution in [-0.4, -0.2) is 12.6 Å². The summed E-state index contributed by atoms with van der Waals surface area (Å²) in [5.74, 6) is 0.341. The van der Waals surface area contributed by atoms with Crippen molar-refractivity contribution < 1.29 is 14.3 Å². The molecule has 0 N–H and O–H groups in total. The van der Waals surface area contributed by atoms with Crippen molar-refractivity contribution in [3.8, 4) is 10.6 Å². The van der Waals surface area contributed by atoms with Gasteiger partial charge >= 0.3 is 5.97 Å². The lowest BCUT2D eigenvalue weighted by molar-refractivity contribution is -0.159. The van der Waals surface area contributed by atoms with Crippen molar-refractivity contribution in [2.24, 2.45) is 0 Å². The zero-order chi connectivity index (χ0) is 24.6. The molecule has 4 aromatic carbocycles. The Kier molecular flexibility index (Phi) is 6.08. The van der Waals surface area contributed by atoms with Crippen LogP contribution in [-0.2, 0) is 15.1 Å². The molecule has 0 radical (unpaired) electrons. The fourth-order valence-electron chi connectivity index (χ4n) is 4.62. The van der Waals surface area contributed by atoms with Crippen molar-refractivity contribution in [2.75, 3.05) is 6.61 Å². The Balaban J connectivity index is 1.41. The van der Waals surface area contributed by atoms with Crippen LogP contribution in [0.25, 0.3) is 25.1 Å². The van der Waals surface area contributed by atoms with Gasteiger partial charge < -0.3 is 9.47 Å². The topological polar surface area (TPSA) is 35.5 Å². The van der Waals surface area contributed by atoms with Gasteiger partial charge in [-0.3, -0.25) is 0 Å². The van der Waals surface area contributed by atoms with Gasteiger partial charge in [0.2, 0.25) is 0 Å². The molecule has 3 nitrogen and oxygen atoms in total. The summed E-state index contributed by atoms with van der Waals surface area (Å²) >= 11 is 0. The minimum Gasteiger partial charge on any atom is -0.481 e. The normalized spacial score (nSPS) is 12.2. The molecule has 1 unspecified atom stereocenters. The van der Waals surface area contributed by atoms with Crippen molar-refractivity contribution in [2.45, 2.75) is 33.3 Å². The van der Waals surface area contributed by atoms with Gasteiger partial charge in [0.05, 0.1) is 4.70 Å². The predicted molar refractivity (Wildman–Crippen MR) is 145 cm³/mol. The minimum atomic E-state index is -0.726. The molecule has 0 amide bonds. The SMILES string of the molecule is Cc1cc(-[s+]2c3[c-]cccc3c3ccccc32)cc(C)c1OCC(=O)OC(C)(C)c1ccccc1. The first-order valence-corrected chi connectivity index (χ1v) is 12.9. The largest absolute Gasteiger partial charge is 0.481 e. The Bertz CT molecular complexity index is 1450. The van der Waals surface area contributed by atoms with Crippen LogP contribution in [0.15, 0.2) is 84.9 Å². The van der Waals surface area contributed by atoms with E-state index in [2.05, 4.69) is 48.5 Å². The Morgan fingerprint density at radius 2 is 1.54 bits per heavy atom. The van der Waals surface area contributed by atoms with Gasteiger partial charge in [-0.15, -0.1) is 6.07 Å². The molecule has 0 aliphatic rings. The summed E-state index contributed by atoms with van der Waals surface area (Å²) in [6.45, 7) is 7.71. The number of carbonyl (C=O) groups is 1. The van der Waals surface area contributed by atoms with Gasteiger partial charge in [0, 0.05) is 22.6 Å². The third kappa shape index (κ3) is 4.42. The van der Waals surface area contributed by atoms with E-state index in [1.54, 1.807) is 0 Å². The maximum atomic E-state index is 12.6. The monoisotopic (exact) mass is 480 g/mol. The number of fused-ring (bicyclic) bond motifs is 3. The van der Waals surface area contributed by atoms with Crippen LogP contribution in [0, 0.1) is 19.9 Å². The van der Waals surface area contributed by atoms with Crippen LogP contribution in [0.5, 0.6) is 5.75 Å². The van der Waals surface area contributed by atoms with E-state index < -0.39 is 11.6 Å². The van der Waals surface area contributed by atoms with E-state index in [-0.39, 0.29) is 17.1 Å². The number of benzene rings is 4. The molecular formula is C31H28O3S. The Morgan fingerprint density at radius 1 is 0.886 bits per heavy atom. The summed E-state index contributed by atoms with van der Waals surface area (Å²) in [6.07, 6.45) is 0. The molecule has 5 rings (SSSR count). The molecule has 0 spiro atoms. The van der Waals surface area contributed by atoms with Gasteiger partial charge in [-0.25, -0.2) is 4.79 Å². The van der Waals surface area contributed by atoms with Gasteiger partial charge in [0.15, 0.2) is 16.2 Å². The van der Waals surface area contributed by atoms with Gasteiger partial charge in [0.25, 0.3) is 0 Å². The molecule has 0 aliphatic carbocycles. The quantitative estimate of drug-likeness (QED) is 0.140. The molecule has 5 aromatic rings. The number of hydrogen-bond acceptors (Lipinski definition) is 3. The molecule has 4 heteroatoms. The third-order valence-electron chi connectivity index (χ3n) is 6.26. The van der Waals surface area contributed by atoms with E-state index in [1.807, 2.05) is 70.2 Å². The van der Waals surface area contributed by atoms with Crippen molar-refractivity contribution >= 4 is 36.6 Å². The molecule has 0 bridgehead atoms. The second-order valence-electron chi connectivity index (χ2n) is 9.24. The summed E-state index contributed by atoms with van der Waals surface area (Å²) in [7, 11) is -0.219. The number of aryl methyl sites for hydroxylation is 2. The maximum absolute atomic E-state index is 12.6. The van der Waals surface area contributed by atoms with Crippen LogP contribution >= 0.6 is 10.5 Å². The lowest BCUT2D eigenvalue weighted by Crippen LogP contribution is -2.28. The molecule has 0 saturated carbocycles. The lowest BCUT2D eigenvalue weighted by Gasteiger charge is -2.25. The molecule has 35 heavy (non-hydrogen) atoms. The molecular weight excluding hydrogens is 452 g/mol. The molecule has 0 fully saturated rings. The van der Waals surface area contributed by atoms with Gasteiger partial charge in [-0.05, 0) is 55.8 Å². The summed E-state index contributed by atoms with van der Waals surface area (Å²) in [4.78, 5) is 13.9. The highest BCUT2D eigenvalue weighted by molar-refractivity contribution is 7.50. The molecule has 176 valence electrons. The second-order valence-corrected chi connectivity index (χ2v) is 11.2. The first kappa shape index (κ1) is 23.1. The van der Waals surface area contributed by atoms with Crippen molar-refractivity contribution in [3.63, 3.8) is 0 Å². The first-order chi connectivity index (χ1) is 16.8. The molecule has 1 heterocycles. The fraction of sp³-hybridized carbons (Fsp3) is 0.194. The first-order valence-electron chi connectivity index (χ1n) is 11.7. The zero-order valence-corrected chi connectivity index (χ0v) is 21.2. The van der Waals surface area contributed by atoms with E-state index >= 15 is 0 Å². The molecule has 1 atom stereocenters. The predicted octanol–water partition coefficient (Wildman–Crippen LogP) is 8.01. The van der Waals surface area contributed by atoms with Crippen LogP contribution in [0.4, 0.5) is 0 Å². The Hall–Kier alpha value is -3.63. The molecule has 0 saturated heterocycles. The number of carbonyl (C=O) groups excluding carboxylic acids is 1. The molecule has 0 aliphatic heterocycles. The number of ether oxygens (including phenoxy) is 2. The standard InChI is InChI=1S/C31H28O3S/c1-21-18-24(35-27-16-10-8-14-25(27)26-15-9-11-17-28(26)35)19-22(2)30(21)33-20-29(32)34-31(3,4)23-12-6-5-7-13-23/h5-16,18-19H,20H2,1-4H3. The van der Waals surface area contributed by atoms with E-state index in [9.17, 15) is 4.79 Å². The number of esters is 1. The summed E-state index contributed by atoms with van der Waals surface area (Å²) in [5, 5.41) is 2.54. The number of rotatable bonds is 6. The summed E-state index contributed by atoms with van der Waals surface area (Å²) in [6, 6.07) is 32.4.